The Kier molecular flexibility index (Phi) is 17.5. The van der Waals surface area contributed by atoms with Crippen LogP contribution in [0.15, 0.2) is 0 Å². The van der Waals surface area contributed by atoms with E-state index in [-0.39, 0.29) is 33.0 Å². The fourth-order valence-corrected chi connectivity index (χ4v) is 0. The summed E-state index contributed by atoms with van der Waals surface area (Å²) in [5.74, 6) is -4.37. The first kappa shape index (κ1) is 23.0. The number of aliphatic carboxylic acids is 2. The summed E-state index contributed by atoms with van der Waals surface area (Å²) >= 11 is 0. The Morgan fingerprint density at radius 1 is 0.846 bits per heavy atom. The van der Waals surface area contributed by atoms with Crippen LogP contribution in [0.2, 0.25) is 0 Å². The third kappa shape index (κ3) is 78.5. The maximum Gasteiger partial charge on any atom is 2.00 e. The van der Waals surface area contributed by atoms with Crippen LogP contribution in [-0.4, -0.2) is 29.5 Å². The van der Waals surface area contributed by atoms with Gasteiger partial charge in [0.1, 0.15) is 0 Å². The summed E-state index contributed by atoms with van der Waals surface area (Å²) in [6.45, 7) is 0. The number of hydrogen-bond acceptors (Lipinski definition) is 8. The van der Waals surface area contributed by atoms with Gasteiger partial charge in [0.25, 0.3) is 0 Å². The zero-order valence-corrected chi connectivity index (χ0v) is 8.10. The van der Waals surface area contributed by atoms with E-state index < -0.39 is 22.3 Å². The first-order valence-electron chi connectivity index (χ1n) is 1.73. The van der Waals surface area contributed by atoms with Gasteiger partial charge in [-0.2, -0.15) is 0 Å². The second-order valence-electron chi connectivity index (χ2n) is 0.983. The predicted octanol–water partition coefficient (Wildman–Crippen LogP) is -4.86. The molecular weight excluding hydrogens is 301 g/mol. The van der Waals surface area contributed by atoms with Crippen molar-refractivity contribution in [2.24, 2.45) is 0 Å². The Morgan fingerprint density at radius 3 is 0.923 bits per heavy atom. The van der Waals surface area contributed by atoms with Gasteiger partial charge in [0.05, 0.1) is 11.9 Å². The van der Waals surface area contributed by atoms with Crippen LogP contribution < -0.4 is 10.2 Å². The van der Waals surface area contributed by atoms with Crippen LogP contribution in [0, 0.1) is 0 Å². The molecule has 0 amide bonds. The Hall–Kier alpha value is -0.203. The van der Waals surface area contributed by atoms with Crippen LogP contribution in [0.25, 0.3) is 0 Å². The van der Waals surface area contributed by atoms with Gasteiger partial charge in [0.15, 0.2) is 0 Å². The zero-order valence-electron chi connectivity index (χ0n) is 5.31. The second kappa shape index (κ2) is 9.88. The van der Waals surface area contributed by atoms with Gasteiger partial charge in [-0.15, -0.1) is 0 Å². The molecule has 82 valence electrons. The van der Waals surface area contributed by atoms with Gasteiger partial charge in [-0.25, -0.2) is 0 Å². The molecule has 0 aliphatic carbocycles. The Bertz CT molecular complexity index is 223. The maximum absolute atomic E-state index is 8.93. The molecule has 0 bridgehead atoms. The van der Waals surface area contributed by atoms with E-state index in [9.17, 15) is 0 Å². The summed E-state index contributed by atoms with van der Waals surface area (Å²) in [5.41, 5.74) is 0. The van der Waals surface area contributed by atoms with E-state index in [0.717, 1.165) is 0 Å². The van der Waals surface area contributed by atoms with E-state index in [1.165, 1.54) is 0 Å². The number of carboxylic acid groups (broad SMARTS) is 2. The molecule has 0 saturated carbocycles. The standard InChI is InChI=1S/C2H2O4.2Ni.H2O4S/c3-1(4)2(5)6;;;1-5(2,3)4/h(H,3,4)(H,5,6);;;(H2,1,2,3,4)/q;2*+2;/p-4. The largest absolute Gasteiger partial charge is 2.00 e. The summed E-state index contributed by atoms with van der Waals surface area (Å²) in [4.78, 5) is 17.9. The molecule has 0 radical (unpaired) electrons. The van der Waals surface area contributed by atoms with Crippen LogP contribution in [0.1, 0.15) is 0 Å². The first-order chi connectivity index (χ1) is 4.64. The fourth-order valence-electron chi connectivity index (χ4n) is 0. The summed E-state index contributed by atoms with van der Waals surface area (Å²) in [5, 5.41) is 17.9. The van der Waals surface area contributed by atoms with Crippen LogP contribution in [0.4, 0.5) is 0 Å². The smallest absolute Gasteiger partial charge is 0.759 e. The molecule has 0 N–H and O–H groups in total. The van der Waals surface area contributed by atoms with Gasteiger partial charge >= 0.3 is 33.0 Å². The van der Waals surface area contributed by atoms with Gasteiger partial charge in [-0.1, -0.05) is 0 Å². The van der Waals surface area contributed by atoms with Crippen LogP contribution in [-0.2, 0) is 53.0 Å². The minimum atomic E-state index is -5.17. The van der Waals surface area contributed by atoms with Gasteiger partial charge in [-0.3, -0.25) is 8.42 Å². The zero-order chi connectivity index (χ0) is 9.65. The summed E-state index contributed by atoms with van der Waals surface area (Å²) in [6, 6.07) is 0. The van der Waals surface area contributed by atoms with Crippen molar-refractivity contribution in [3.05, 3.63) is 0 Å². The average Bonchev–Trinajstić information content (AvgIpc) is 1.59. The monoisotopic (exact) mass is 300 g/mol. The van der Waals surface area contributed by atoms with Crippen molar-refractivity contribution in [2.75, 3.05) is 0 Å². The van der Waals surface area contributed by atoms with Crippen molar-refractivity contribution < 1.29 is 70.3 Å². The Morgan fingerprint density at radius 2 is 0.923 bits per heavy atom. The van der Waals surface area contributed by atoms with Gasteiger partial charge in [0, 0.05) is 10.4 Å². The quantitative estimate of drug-likeness (QED) is 0.186. The summed E-state index contributed by atoms with van der Waals surface area (Å²) in [7, 11) is -5.17. The second-order valence-corrected chi connectivity index (χ2v) is 1.80. The van der Waals surface area contributed by atoms with Crippen LogP contribution in [0.5, 0.6) is 0 Å². The van der Waals surface area contributed by atoms with E-state index in [0.29, 0.717) is 0 Å². The molecule has 0 fully saturated rings. The Labute approximate surface area is 92.7 Å². The molecule has 8 nitrogen and oxygen atoms in total. The maximum atomic E-state index is 8.93. The number of carboxylic acids is 2. The van der Waals surface area contributed by atoms with Crippen LogP contribution >= 0.6 is 0 Å². The van der Waals surface area contributed by atoms with Crippen molar-refractivity contribution in [1.29, 1.82) is 0 Å². The van der Waals surface area contributed by atoms with E-state index in [1.54, 1.807) is 0 Å². The molecule has 0 unspecified atom stereocenters. The molecule has 0 aromatic carbocycles. The molecule has 11 heteroatoms. The SMILES string of the molecule is O=C([O-])C(=O)[O-].O=S(=O)([O-])[O-].[Ni+2].[Ni+2]. The van der Waals surface area contributed by atoms with Crippen molar-refractivity contribution in [3.63, 3.8) is 0 Å². The molecule has 0 aromatic heterocycles. The third-order valence-electron chi connectivity index (χ3n) is 0.167. The average molecular weight is 301 g/mol. The molecule has 13 heavy (non-hydrogen) atoms. The summed E-state index contributed by atoms with van der Waals surface area (Å²) in [6.07, 6.45) is 0. The molecule has 0 heterocycles. The number of carbonyl (C=O) groups is 2. The van der Waals surface area contributed by atoms with Gasteiger partial charge in [-0.05, 0) is 0 Å². The van der Waals surface area contributed by atoms with Crippen LogP contribution in [0.3, 0.4) is 0 Å². The molecular formula is C2Ni2O8S. The number of hydrogen-bond donors (Lipinski definition) is 0. The number of carbonyl (C=O) groups excluding carboxylic acids is 2. The minimum Gasteiger partial charge on any atom is -0.759 e. The number of rotatable bonds is 0. The topological polar surface area (TPSA) is 161 Å². The molecule has 0 saturated heterocycles. The molecule has 0 rings (SSSR count). The van der Waals surface area contributed by atoms with Crippen molar-refractivity contribution in [3.8, 4) is 0 Å². The molecule has 0 atom stereocenters. The fraction of sp³-hybridized carbons (Fsp3) is 0. The van der Waals surface area contributed by atoms with E-state index in [2.05, 4.69) is 0 Å². The van der Waals surface area contributed by atoms with Gasteiger partial charge < -0.3 is 28.9 Å². The predicted molar refractivity (Wildman–Crippen MR) is 20.5 cm³/mol. The first-order valence-corrected chi connectivity index (χ1v) is 3.07. The minimum absolute atomic E-state index is 0. The summed E-state index contributed by atoms with van der Waals surface area (Å²) < 4.78 is 34.1. The van der Waals surface area contributed by atoms with E-state index in [1.807, 2.05) is 0 Å². The van der Waals surface area contributed by atoms with Gasteiger partial charge in [0.2, 0.25) is 0 Å². The van der Waals surface area contributed by atoms with E-state index in [4.69, 9.17) is 37.3 Å². The molecule has 0 aromatic rings. The normalized spacial score (nSPS) is 7.85. The van der Waals surface area contributed by atoms with Crippen molar-refractivity contribution in [1.82, 2.24) is 0 Å². The molecule has 0 spiro atoms. The van der Waals surface area contributed by atoms with E-state index >= 15 is 0 Å². The van der Waals surface area contributed by atoms with Crippen molar-refractivity contribution in [2.45, 2.75) is 0 Å². The third-order valence-corrected chi connectivity index (χ3v) is 0.167. The Balaban J connectivity index is -0.0000000546. The van der Waals surface area contributed by atoms with Crippen molar-refractivity contribution >= 4 is 22.3 Å². The molecule has 0 aliphatic rings. The molecule has 0 aliphatic heterocycles.